The van der Waals surface area contributed by atoms with E-state index in [1.807, 2.05) is 41.3 Å². The Morgan fingerprint density at radius 1 is 1.03 bits per heavy atom. The predicted octanol–water partition coefficient (Wildman–Crippen LogP) is 4.20. The first kappa shape index (κ1) is 21.5. The fourth-order valence-electron chi connectivity index (χ4n) is 3.79. The van der Waals surface area contributed by atoms with Crippen molar-refractivity contribution in [3.8, 4) is 11.5 Å². The molecule has 0 saturated carbocycles. The summed E-state index contributed by atoms with van der Waals surface area (Å²) in [6.45, 7) is 5.37. The van der Waals surface area contributed by atoms with Crippen molar-refractivity contribution in [2.45, 2.75) is 25.8 Å². The molecule has 6 heteroatoms. The summed E-state index contributed by atoms with van der Waals surface area (Å²) < 4.78 is 10.6. The minimum absolute atomic E-state index is 0.192. The molecular formula is C23H29ClN2O3. The van der Waals surface area contributed by atoms with Gasteiger partial charge in [-0.1, -0.05) is 29.8 Å². The Morgan fingerprint density at radius 3 is 2.24 bits per heavy atom. The minimum Gasteiger partial charge on any atom is -0.497 e. The van der Waals surface area contributed by atoms with Gasteiger partial charge in [0.25, 0.3) is 0 Å². The second-order valence-electron chi connectivity index (χ2n) is 7.34. The molecule has 0 bridgehead atoms. The average Bonchev–Trinajstić information content (AvgIpc) is 2.77. The number of carbonyl (C=O) groups excluding carboxylic acids is 1. The fraction of sp³-hybridized carbons (Fsp3) is 0.435. The SMILES string of the molecule is COc1cc(CCC(=O)N2CCN(C(C)c3ccccc3Cl)CC2)cc(OC)c1. The molecule has 1 heterocycles. The lowest BCUT2D eigenvalue weighted by Gasteiger charge is -2.38. The van der Waals surface area contributed by atoms with Crippen LogP contribution < -0.4 is 9.47 Å². The van der Waals surface area contributed by atoms with Crippen molar-refractivity contribution >= 4 is 17.5 Å². The highest BCUT2D eigenvalue weighted by Gasteiger charge is 2.25. The molecule has 0 aliphatic carbocycles. The maximum Gasteiger partial charge on any atom is 0.222 e. The van der Waals surface area contributed by atoms with Gasteiger partial charge in [-0.2, -0.15) is 0 Å². The Kier molecular flexibility index (Phi) is 7.40. The molecule has 0 aromatic heterocycles. The summed E-state index contributed by atoms with van der Waals surface area (Å²) in [6, 6.07) is 14.0. The summed E-state index contributed by atoms with van der Waals surface area (Å²) in [4.78, 5) is 17.1. The largest absolute Gasteiger partial charge is 0.497 e. The van der Waals surface area contributed by atoms with Crippen LogP contribution in [0.1, 0.15) is 30.5 Å². The van der Waals surface area contributed by atoms with Crippen molar-refractivity contribution < 1.29 is 14.3 Å². The quantitative estimate of drug-likeness (QED) is 0.678. The Bertz CT molecular complexity index is 812. The second kappa shape index (κ2) is 9.99. The van der Waals surface area contributed by atoms with Gasteiger partial charge in [0.15, 0.2) is 0 Å². The van der Waals surface area contributed by atoms with Crippen molar-refractivity contribution in [3.05, 3.63) is 58.6 Å². The van der Waals surface area contributed by atoms with E-state index in [-0.39, 0.29) is 11.9 Å². The van der Waals surface area contributed by atoms with Crippen molar-refractivity contribution in [3.63, 3.8) is 0 Å². The van der Waals surface area contributed by atoms with Gasteiger partial charge in [0, 0.05) is 49.7 Å². The van der Waals surface area contributed by atoms with Crippen LogP contribution in [0.15, 0.2) is 42.5 Å². The van der Waals surface area contributed by atoms with Crippen LogP contribution in [0.25, 0.3) is 0 Å². The number of nitrogens with zero attached hydrogens (tertiary/aromatic N) is 2. The van der Waals surface area contributed by atoms with Gasteiger partial charge in [-0.15, -0.1) is 0 Å². The van der Waals surface area contributed by atoms with Crippen LogP contribution in [-0.2, 0) is 11.2 Å². The Morgan fingerprint density at radius 2 is 1.66 bits per heavy atom. The number of piperazine rings is 1. The molecule has 156 valence electrons. The monoisotopic (exact) mass is 416 g/mol. The zero-order valence-corrected chi connectivity index (χ0v) is 18.1. The molecule has 0 radical (unpaired) electrons. The molecule has 29 heavy (non-hydrogen) atoms. The average molecular weight is 417 g/mol. The number of amides is 1. The molecular weight excluding hydrogens is 388 g/mol. The lowest BCUT2D eigenvalue weighted by Crippen LogP contribution is -2.49. The van der Waals surface area contributed by atoms with Gasteiger partial charge in [0.2, 0.25) is 5.91 Å². The van der Waals surface area contributed by atoms with Crippen LogP contribution in [0.2, 0.25) is 5.02 Å². The molecule has 0 N–H and O–H groups in total. The molecule has 1 aliphatic rings. The zero-order valence-electron chi connectivity index (χ0n) is 17.4. The molecule has 2 aromatic rings. The third kappa shape index (κ3) is 5.43. The summed E-state index contributed by atoms with van der Waals surface area (Å²) >= 11 is 6.35. The maximum atomic E-state index is 12.7. The molecule has 1 saturated heterocycles. The highest BCUT2D eigenvalue weighted by Crippen LogP contribution is 2.28. The number of rotatable bonds is 7. The number of ether oxygens (including phenoxy) is 2. The van der Waals surface area contributed by atoms with Gasteiger partial charge in [0.05, 0.1) is 14.2 Å². The highest BCUT2D eigenvalue weighted by molar-refractivity contribution is 6.31. The summed E-state index contributed by atoms with van der Waals surface area (Å²) in [5, 5.41) is 0.798. The standard InChI is InChI=1S/C23H29ClN2O3/c1-17(21-6-4-5-7-22(21)24)25-10-12-26(13-11-25)23(27)9-8-18-14-19(28-2)16-20(15-18)29-3/h4-7,14-17H,8-13H2,1-3H3. The van der Waals surface area contributed by atoms with Crippen LogP contribution in [0.5, 0.6) is 11.5 Å². The van der Waals surface area contributed by atoms with Crippen LogP contribution in [0, 0.1) is 0 Å². The molecule has 1 unspecified atom stereocenters. The molecule has 1 amide bonds. The van der Waals surface area contributed by atoms with Crippen molar-refractivity contribution in [1.29, 1.82) is 0 Å². The van der Waals surface area contributed by atoms with Crippen molar-refractivity contribution in [1.82, 2.24) is 9.80 Å². The Hall–Kier alpha value is -2.24. The van der Waals surface area contributed by atoms with Gasteiger partial charge in [-0.05, 0) is 42.7 Å². The third-order valence-corrected chi connectivity index (χ3v) is 5.95. The van der Waals surface area contributed by atoms with E-state index >= 15 is 0 Å². The Balaban J connectivity index is 1.52. The number of halogens is 1. The van der Waals surface area contributed by atoms with Crippen molar-refractivity contribution in [2.75, 3.05) is 40.4 Å². The smallest absolute Gasteiger partial charge is 0.222 e. The lowest BCUT2D eigenvalue weighted by molar-refractivity contribution is -0.133. The van der Waals surface area contributed by atoms with Crippen molar-refractivity contribution in [2.24, 2.45) is 0 Å². The Labute approximate surface area is 178 Å². The summed E-state index contributed by atoms with van der Waals surface area (Å²) in [5.41, 5.74) is 2.18. The van der Waals surface area contributed by atoms with Crippen LogP contribution in [-0.4, -0.2) is 56.1 Å². The second-order valence-corrected chi connectivity index (χ2v) is 7.74. The van der Waals surface area contributed by atoms with Gasteiger partial charge < -0.3 is 14.4 Å². The topological polar surface area (TPSA) is 42.0 Å². The molecule has 1 aliphatic heterocycles. The zero-order chi connectivity index (χ0) is 20.8. The molecule has 3 rings (SSSR count). The van der Waals surface area contributed by atoms with Gasteiger partial charge in [-0.3, -0.25) is 9.69 Å². The van der Waals surface area contributed by atoms with E-state index in [1.54, 1.807) is 14.2 Å². The molecule has 5 nitrogen and oxygen atoms in total. The first-order valence-electron chi connectivity index (χ1n) is 10.00. The number of hydrogen-bond donors (Lipinski definition) is 0. The van der Waals surface area contributed by atoms with E-state index in [9.17, 15) is 4.79 Å². The first-order valence-corrected chi connectivity index (χ1v) is 10.4. The van der Waals surface area contributed by atoms with Crippen LogP contribution in [0.4, 0.5) is 0 Å². The first-order chi connectivity index (χ1) is 14.0. The van der Waals surface area contributed by atoms with Crippen LogP contribution in [0.3, 0.4) is 0 Å². The number of methoxy groups -OCH3 is 2. The number of carbonyl (C=O) groups is 1. The number of benzene rings is 2. The lowest BCUT2D eigenvalue weighted by atomic mass is 10.1. The molecule has 2 aromatic carbocycles. The van der Waals surface area contributed by atoms with Crippen LogP contribution >= 0.6 is 11.6 Å². The van der Waals surface area contributed by atoms with Gasteiger partial charge >= 0.3 is 0 Å². The number of aryl methyl sites for hydroxylation is 1. The highest BCUT2D eigenvalue weighted by atomic mass is 35.5. The molecule has 1 fully saturated rings. The van der Waals surface area contributed by atoms with E-state index < -0.39 is 0 Å². The molecule has 0 spiro atoms. The van der Waals surface area contributed by atoms with E-state index in [1.165, 1.54) is 0 Å². The van der Waals surface area contributed by atoms with E-state index in [2.05, 4.69) is 17.9 Å². The summed E-state index contributed by atoms with van der Waals surface area (Å²) in [7, 11) is 3.26. The summed E-state index contributed by atoms with van der Waals surface area (Å²) in [6.07, 6.45) is 1.15. The predicted molar refractivity (Wildman–Crippen MR) is 116 cm³/mol. The fourth-order valence-corrected chi connectivity index (χ4v) is 4.08. The third-order valence-electron chi connectivity index (χ3n) is 5.61. The van der Waals surface area contributed by atoms with E-state index in [0.29, 0.717) is 12.8 Å². The van der Waals surface area contributed by atoms with E-state index in [0.717, 1.165) is 53.8 Å². The normalized spacial score (nSPS) is 15.8. The minimum atomic E-state index is 0.192. The van der Waals surface area contributed by atoms with E-state index in [4.69, 9.17) is 21.1 Å². The van der Waals surface area contributed by atoms with Gasteiger partial charge in [-0.25, -0.2) is 0 Å². The number of hydrogen-bond acceptors (Lipinski definition) is 4. The summed E-state index contributed by atoms with van der Waals surface area (Å²) in [5.74, 6) is 1.68. The molecule has 1 atom stereocenters. The maximum absolute atomic E-state index is 12.7. The van der Waals surface area contributed by atoms with Gasteiger partial charge in [0.1, 0.15) is 11.5 Å².